The van der Waals surface area contributed by atoms with Crippen molar-refractivity contribution in [3.8, 4) is 17.2 Å². The molecule has 134 valence electrons. The molecule has 1 aliphatic rings. The van der Waals surface area contributed by atoms with Crippen LogP contribution in [-0.2, 0) is 20.9 Å². The normalized spacial score (nSPS) is 15.0. The van der Waals surface area contributed by atoms with Crippen LogP contribution in [0, 0.1) is 0 Å². The Morgan fingerprint density at radius 1 is 1.08 bits per heavy atom. The third-order valence-electron chi connectivity index (χ3n) is 3.88. The predicted molar refractivity (Wildman–Crippen MR) is 89.5 cm³/mol. The molecule has 0 saturated carbocycles. The molecule has 0 amide bonds. The van der Waals surface area contributed by atoms with E-state index in [4.69, 9.17) is 14.2 Å². The number of methoxy groups -OCH3 is 2. The second-order valence-corrected chi connectivity index (χ2v) is 5.49. The zero-order valence-corrected chi connectivity index (χ0v) is 14.2. The highest BCUT2D eigenvalue weighted by molar-refractivity contribution is 6.41. The summed E-state index contributed by atoms with van der Waals surface area (Å²) < 4.78 is 20.7. The summed E-state index contributed by atoms with van der Waals surface area (Å²) in [4.78, 5) is 35.7. The van der Waals surface area contributed by atoms with Crippen LogP contribution in [0.25, 0.3) is 0 Å². The van der Waals surface area contributed by atoms with Crippen molar-refractivity contribution in [3.05, 3.63) is 53.6 Å². The summed E-state index contributed by atoms with van der Waals surface area (Å²) in [5.41, 5.74) is 1.09. The van der Waals surface area contributed by atoms with E-state index in [0.717, 1.165) is 12.7 Å². The van der Waals surface area contributed by atoms with Gasteiger partial charge in [0.05, 0.1) is 19.8 Å². The number of ether oxygens (including phenoxy) is 4. The maximum absolute atomic E-state index is 12.4. The number of fused-ring (bicyclic) bond motifs is 1. The summed E-state index contributed by atoms with van der Waals surface area (Å²) >= 11 is 0. The zero-order chi connectivity index (χ0) is 18.7. The summed E-state index contributed by atoms with van der Waals surface area (Å²) in [6.07, 6.45) is -1.55. The summed E-state index contributed by atoms with van der Waals surface area (Å²) in [5, 5.41) is 0. The molecule has 3 rings (SSSR count). The number of rotatable bonds is 6. The molecule has 1 unspecified atom stereocenters. The zero-order valence-electron chi connectivity index (χ0n) is 14.2. The molecular weight excluding hydrogens is 340 g/mol. The largest absolute Gasteiger partial charge is 0.493 e. The summed E-state index contributed by atoms with van der Waals surface area (Å²) in [6.45, 7) is 0.273. The van der Waals surface area contributed by atoms with Gasteiger partial charge in [-0.1, -0.05) is 30.3 Å². The molecule has 0 bridgehead atoms. The van der Waals surface area contributed by atoms with E-state index in [0.29, 0.717) is 11.5 Å². The average Bonchev–Trinajstić information content (AvgIpc) is 3.00. The van der Waals surface area contributed by atoms with E-state index in [-0.39, 0.29) is 17.9 Å². The number of hydrogen-bond donors (Lipinski definition) is 0. The average molecular weight is 356 g/mol. The minimum atomic E-state index is -1.55. The summed E-state index contributed by atoms with van der Waals surface area (Å²) in [6, 6.07) is 12.4. The first kappa shape index (κ1) is 17.5. The fraction of sp³-hybridized carbons (Fsp3) is 0.211. The van der Waals surface area contributed by atoms with E-state index in [9.17, 15) is 14.4 Å². The monoisotopic (exact) mass is 356 g/mol. The molecule has 2 aromatic rings. The molecule has 0 aliphatic carbocycles. The van der Waals surface area contributed by atoms with Crippen LogP contribution in [0.2, 0.25) is 0 Å². The van der Waals surface area contributed by atoms with Crippen molar-refractivity contribution in [2.75, 3.05) is 14.2 Å². The van der Waals surface area contributed by atoms with Crippen LogP contribution in [0.4, 0.5) is 0 Å². The molecule has 0 N–H and O–H groups in total. The minimum absolute atomic E-state index is 0.149. The molecule has 0 saturated heterocycles. The van der Waals surface area contributed by atoms with Crippen molar-refractivity contribution in [1.82, 2.24) is 0 Å². The quantitative estimate of drug-likeness (QED) is 0.444. The van der Waals surface area contributed by atoms with Crippen LogP contribution >= 0.6 is 0 Å². The lowest BCUT2D eigenvalue weighted by Crippen LogP contribution is -2.36. The van der Waals surface area contributed by atoms with Crippen molar-refractivity contribution in [2.45, 2.75) is 12.7 Å². The van der Waals surface area contributed by atoms with Crippen molar-refractivity contribution >= 4 is 17.5 Å². The lowest BCUT2D eigenvalue weighted by atomic mass is 10.1. The molecule has 2 aromatic carbocycles. The number of ketones is 2. The predicted octanol–water partition coefficient (Wildman–Crippen LogP) is 1.96. The van der Waals surface area contributed by atoms with Gasteiger partial charge in [0.1, 0.15) is 12.4 Å². The Hall–Kier alpha value is -3.35. The highest BCUT2D eigenvalue weighted by Crippen LogP contribution is 2.39. The minimum Gasteiger partial charge on any atom is -0.493 e. The highest BCUT2D eigenvalue weighted by Gasteiger charge is 2.42. The Bertz CT molecular complexity index is 858. The van der Waals surface area contributed by atoms with E-state index >= 15 is 0 Å². The van der Waals surface area contributed by atoms with E-state index in [1.165, 1.54) is 19.2 Å². The van der Waals surface area contributed by atoms with E-state index in [2.05, 4.69) is 4.74 Å². The van der Waals surface area contributed by atoms with E-state index in [1.807, 2.05) is 30.3 Å². The second-order valence-electron chi connectivity index (χ2n) is 5.49. The first-order valence-corrected chi connectivity index (χ1v) is 7.77. The SMILES string of the molecule is COC(=O)C(=O)C1Oc2cc(OC)c(OCc3ccccc3)cc2C1=O. The van der Waals surface area contributed by atoms with Crippen LogP contribution in [0.1, 0.15) is 15.9 Å². The highest BCUT2D eigenvalue weighted by atomic mass is 16.5. The van der Waals surface area contributed by atoms with Gasteiger partial charge in [-0.05, 0) is 11.6 Å². The van der Waals surface area contributed by atoms with Crippen molar-refractivity contribution in [2.24, 2.45) is 0 Å². The Morgan fingerprint density at radius 3 is 2.46 bits per heavy atom. The Morgan fingerprint density at radius 2 is 1.81 bits per heavy atom. The number of esters is 1. The van der Waals surface area contributed by atoms with Crippen molar-refractivity contribution < 1.29 is 33.3 Å². The molecule has 7 nitrogen and oxygen atoms in total. The van der Waals surface area contributed by atoms with Crippen LogP contribution in [0.15, 0.2) is 42.5 Å². The Balaban J connectivity index is 1.85. The topological polar surface area (TPSA) is 88.1 Å². The number of carbonyl (C=O) groups excluding carboxylic acids is 3. The third-order valence-corrected chi connectivity index (χ3v) is 3.88. The summed E-state index contributed by atoms with van der Waals surface area (Å²) in [5.74, 6) is -1.98. The molecule has 1 atom stereocenters. The molecule has 0 fully saturated rings. The molecule has 7 heteroatoms. The van der Waals surface area contributed by atoms with E-state index < -0.39 is 23.6 Å². The Labute approximate surface area is 149 Å². The van der Waals surface area contributed by atoms with Gasteiger partial charge in [0.2, 0.25) is 11.9 Å². The Kier molecular flexibility index (Phi) is 4.88. The molecule has 0 radical (unpaired) electrons. The van der Waals surface area contributed by atoms with Gasteiger partial charge in [0, 0.05) is 6.07 Å². The van der Waals surface area contributed by atoms with Crippen molar-refractivity contribution in [1.29, 1.82) is 0 Å². The first-order valence-electron chi connectivity index (χ1n) is 7.77. The van der Waals surface area contributed by atoms with E-state index in [1.54, 1.807) is 0 Å². The van der Waals surface area contributed by atoms with Crippen LogP contribution in [0.5, 0.6) is 17.2 Å². The molecule has 1 heterocycles. The van der Waals surface area contributed by atoms with Gasteiger partial charge >= 0.3 is 5.97 Å². The maximum atomic E-state index is 12.4. The fourth-order valence-corrected chi connectivity index (χ4v) is 2.54. The summed E-state index contributed by atoms with van der Waals surface area (Å²) in [7, 11) is 2.51. The van der Waals surface area contributed by atoms with Gasteiger partial charge in [-0.25, -0.2) is 4.79 Å². The van der Waals surface area contributed by atoms with Gasteiger partial charge < -0.3 is 18.9 Å². The van der Waals surface area contributed by atoms with Crippen LogP contribution in [0.3, 0.4) is 0 Å². The number of carbonyl (C=O) groups is 3. The van der Waals surface area contributed by atoms with Gasteiger partial charge in [0.15, 0.2) is 11.5 Å². The van der Waals surface area contributed by atoms with Gasteiger partial charge in [-0.15, -0.1) is 0 Å². The number of hydrogen-bond acceptors (Lipinski definition) is 7. The maximum Gasteiger partial charge on any atom is 0.378 e. The first-order chi connectivity index (χ1) is 12.5. The third kappa shape index (κ3) is 3.23. The second kappa shape index (κ2) is 7.26. The molecule has 0 aromatic heterocycles. The smallest absolute Gasteiger partial charge is 0.378 e. The molecule has 0 spiro atoms. The van der Waals surface area contributed by atoms with Crippen LogP contribution in [-0.4, -0.2) is 37.9 Å². The lowest BCUT2D eigenvalue weighted by Gasteiger charge is -2.12. The standard InChI is InChI=1S/C19H16O7/c1-23-14-9-13-12(16(20)18(26-13)17(21)19(22)24-2)8-15(14)25-10-11-6-4-3-5-7-11/h3-9,18H,10H2,1-2H3. The van der Waals surface area contributed by atoms with Gasteiger partial charge in [0.25, 0.3) is 5.78 Å². The van der Waals surface area contributed by atoms with Crippen molar-refractivity contribution in [3.63, 3.8) is 0 Å². The van der Waals surface area contributed by atoms with Gasteiger partial charge in [-0.3, -0.25) is 9.59 Å². The molecule has 1 aliphatic heterocycles. The fourth-order valence-electron chi connectivity index (χ4n) is 2.54. The molecular formula is C19H16O7. The molecule has 26 heavy (non-hydrogen) atoms. The van der Waals surface area contributed by atoms with Crippen LogP contribution < -0.4 is 14.2 Å². The van der Waals surface area contributed by atoms with Gasteiger partial charge in [-0.2, -0.15) is 0 Å². The lowest BCUT2D eigenvalue weighted by molar-refractivity contribution is -0.153. The number of Topliss-reactive ketones (excluding diaryl/α,β-unsaturated/α-hetero) is 2. The number of benzene rings is 2.